The molecule has 0 amide bonds. The Hall–Kier alpha value is -0.170. The number of aryl methyl sites for hydroxylation is 1. The Morgan fingerprint density at radius 3 is 2.53 bits per heavy atom. The zero-order valence-corrected chi connectivity index (χ0v) is 15.0. The van der Waals surface area contributed by atoms with Gasteiger partial charge in [0.1, 0.15) is 0 Å². The van der Waals surface area contributed by atoms with Crippen molar-refractivity contribution in [2.75, 3.05) is 13.6 Å². The van der Waals surface area contributed by atoms with E-state index in [1.165, 1.54) is 4.31 Å². The maximum atomic E-state index is 12.5. The summed E-state index contributed by atoms with van der Waals surface area (Å²) >= 11 is 6.69. The average Bonchev–Trinajstić information content (AvgIpc) is 2.33. The van der Waals surface area contributed by atoms with Crippen LogP contribution in [0.3, 0.4) is 0 Å². The molecule has 1 aromatic rings. The number of sulfonamides is 1. The van der Waals surface area contributed by atoms with Crippen molar-refractivity contribution in [1.29, 1.82) is 0 Å². The van der Waals surface area contributed by atoms with Gasteiger partial charge in [0.05, 0.1) is 4.90 Å². The molecule has 19 heavy (non-hydrogen) atoms. The Bertz CT molecular complexity index is 570. The van der Waals surface area contributed by atoms with Crippen molar-refractivity contribution >= 4 is 41.9 Å². The van der Waals surface area contributed by atoms with Gasteiger partial charge in [0, 0.05) is 22.5 Å². The summed E-state index contributed by atoms with van der Waals surface area (Å²) in [5.41, 5.74) is 0.986. The van der Waals surface area contributed by atoms with E-state index in [9.17, 15) is 8.42 Å². The van der Waals surface area contributed by atoms with Gasteiger partial charge in [0.25, 0.3) is 0 Å². The van der Waals surface area contributed by atoms with E-state index in [0.29, 0.717) is 11.0 Å². The summed E-state index contributed by atoms with van der Waals surface area (Å²) in [5, 5.41) is 0. The molecule has 0 unspecified atom stereocenters. The first-order chi connectivity index (χ1) is 8.80. The molecular formula is C13H17Br2NO2S. The highest BCUT2D eigenvalue weighted by Crippen LogP contribution is 2.30. The Balaban J connectivity index is 3.06. The molecule has 0 aliphatic carbocycles. The van der Waals surface area contributed by atoms with Gasteiger partial charge in [0.2, 0.25) is 10.0 Å². The summed E-state index contributed by atoms with van der Waals surface area (Å²) in [5.74, 6) is 0. The van der Waals surface area contributed by atoms with Gasteiger partial charge < -0.3 is 0 Å². The van der Waals surface area contributed by atoms with E-state index in [1.54, 1.807) is 25.3 Å². The van der Waals surface area contributed by atoms with E-state index >= 15 is 0 Å². The van der Waals surface area contributed by atoms with Gasteiger partial charge >= 0.3 is 0 Å². The summed E-state index contributed by atoms with van der Waals surface area (Å²) in [6, 6.07) is 3.44. The third-order valence-electron chi connectivity index (χ3n) is 2.78. The molecule has 0 radical (unpaired) electrons. The minimum atomic E-state index is -3.47. The predicted octanol–water partition coefficient (Wildman–Crippen LogP) is 4.11. The van der Waals surface area contributed by atoms with Crippen LogP contribution in [-0.4, -0.2) is 26.3 Å². The zero-order chi connectivity index (χ0) is 14.6. The van der Waals surface area contributed by atoms with Crippen molar-refractivity contribution in [2.45, 2.75) is 24.7 Å². The average molecular weight is 411 g/mol. The fourth-order valence-electron chi connectivity index (χ4n) is 1.57. The van der Waals surface area contributed by atoms with Crippen LogP contribution in [0.2, 0.25) is 0 Å². The number of hydrogen-bond donors (Lipinski definition) is 0. The molecule has 0 aromatic heterocycles. The quantitative estimate of drug-likeness (QED) is 0.522. The Kier molecular flexibility index (Phi) is 6.23. The molecule has 0 bridgehead atoms. The van der Waals surface area contributed by atoms with Crippen LogP contribution in [0, 0.1) is 6.92 Å². The van der Waals surface area contributed by atoms with Crippen LogP contribution in [-0.2, 0) is 10.0 Å². The zero-order valence-electron chi connectivity index (χ0n) is 11.0. The highest BCUT2D eigenvalue weighted by Gasteiger charge is 2.23. The third-order valence-corrected chi connectivity index (χ3v) is 6.45. The molecule has 0 atom stereocenters. The van der Waals surface area contributed by atoms with Gasteiger partial charge in [-0.05, 0) is 53.4 Å². The van der Waals surface area contributed by atoms with Crippen LogP contribution in [0.15, 0.2) is 38.6 Å². The van der Waals surface area contributed by atoms with E-state index in [4.69, 9.17) is 0 Å². The Morgan fingerprint density at radius 2 is 1.95 bits per heavy atom. The van der Waals surface area contributed by atoms with Crippen LogP contribution in [0.4, 0.5) is 0 Å². The van der Waals surface area contributed by atoms with Gasteiger partial charge in [0.15, 0.2) is 0 Å². The van der Waals surface area contributed by atoms with Crippen LogP contribution in [0.5, 0.6) is 0 Å². The topological polar surface area (TPSA) is 37.4 Å². The van der Waals surface area contributed by atoms with Crippen molar-refractivity contribution in [3.05, 3.63) is 39.3 Å². The molecule has 0 saturated carbocycles. The highest BCUT2D eigenvalue weighted by atomic mass is 79.9. The first kappa shape index (κ1) is 16.9. The number of hydrogen-bond acceptors (Lipinski definition) is 2. The molecule has 0 heterocycles. The van der Waals surface area contributed by atoms with Gasteiger partial charge in [-0.1, -0.05) is 22.0 Å². The second-order valence-electron chi connectivity index (χ2n) is 4.29. The van der Waals surface area contributed by atoms with Crippen molar-refractivity contribution in [3.8, 4) is 0 Å². The van der Waals surface area contributed by atoms with E-state index in [-0.39, 0.29) is 4.90 Å². The standard InChI is InChI=1S/C13H17Br2NO2S/c1-4-5-6-7-16(3)19(17,18)13-9-11(14)10(2)8-12(13)15/h4,8-9H,1,5-7H2,2-3H3. The second-order valence-corrected chi connectivity index (χ2v) is 8.01. The molecule has 0 N–H and O–H groups in total. The molecule has 0 spiro atoms. The van der Waals surface area contributed by atoms with Crippen molar-refractivity contribution in [1.82, 2.24) is 4.31 Å². The summed E-state index contributed by atoms with van der Waals surface area (Å²) < 4.78 is 27.7. The normalized spacial score (nSPS) is 11.8. The molecule has 0 saturated heterocycles. The lowest BCUT2D eigenvalue weighted by atomic mass is 10.2. The molecule has 0 aliphatic heterocycles. The van der Waals surface area contributed by atoms with Crippen LogP contribution >= 0.6 is 31.9 Å². The highest BCUT2D eigenvalue weighted by molar-refractivity contribution is 9.11. The fraction of sp³-hybridized carbons (Fsp3) is 0.385. The molecule has 1 aromatic carbocycles. The number of halogens is 2. The molecule has 3 nitrogen and oxygen atoms in total. The molecular weight excluding hydrogens is 394 g/mol. The third kappa shape index (κ3) is 4.15. The first-order valence-corrected chi connectivity index (χ1v) is 8.86. The summed E-state index contributed by atoms with van der Waals surface area (Å²) in [6.07, 6.45) is 3.36. The Labute approximate surface area is 132 Å². The predicted molar refractivity (Wildman–Crippen MR) is 85.8 cm³/mol. The first-order valence-electron chi connectivity index (χ1n) is 5.83. The van der Waals surface area contributed by atoms with Crippen molar-refractivity contribution < 1.29 is 8.42 Å². The smallest absolute Gasteiger partial charge is 0.207 e. The maximum Gasteiger partial charge on any atom is 0.243 e. The van der Waals surface area contributed by atoms with Crippen LogP contribution < -0.4 is 0 Å². The summed E-state index contributed by atoms with van der Waals surface area (Å²) in [4.78, 5) is 0.283. The van der Waals surface area contributed by atoms with Gasteiger partial charge in [-0.15, -0.1) is 6.58 Å². The number of unbranched alkanes of at least 4 members (excludes halogenated alkanes) is 1. The maximum absolute atomic E-state index is 12.5. The summed E-state index contributed by atoms with van der Waals surface area (Å²) in [6.45, 7) is 6.03. The van der Waals surface area contributed by atoms with Crippen molar-refractivity contribution in [2.24, 2.45) is 0 Å². The van der Waals surface area contributed by atoms with Gasteiger partial charge in [-0.2, -0.15) is 0 Å². The van der Waals surface area contributed by atoms with Gasteiger partial charge in [-0.3, -0.25) is 0 Å². The molecule has 0 aliphatic rings. The van der Waals surface area contributed by atoms with E-state index in [1.807, 2.05) is 6.92 Å². The fourth-order valence-corrected chi connectivity index (χ4v) is 4.42. The van der Waals surface area contributed by atoms with Crippen LogP contribution in [0.1, 0.15) is 18.4 Å². The Morgan fingerprint density at radius 1 is 1.32 bits per heavy atom. The number of rotatable bonds is 6. The SMILES string of the molecule is C=CCCCN(C)S(=O)(=O)c1cc(Br)c(C)cc1Br. The second kappa shape index (κ2) is 7.02. The number of allylic oxidation sites excluding steroid dienone is 1. The molecule has 106 valence electrons. The van der Waals surface area contributed by atoms with Crippen molar-refractivity contribution in [3.63, 3.8) is 0 Å². The lowest BCUT2D eigenvalue weighted by molar-refractivity contribution is 0.462. The van der Waals surface area contributed by atoms with Gasteiger partial charge in [-0.25, -0.2) is 12.7 Å². The number of benzene rings is 1. The largest absolute Gasteiger partial charge is 0.243 e. The van der Waals surface area contributed by atoms with Crippen LogP contribution in [0.25, 0.3) is 0 Å². The lowest BCUT2D eigenvalue weighted by Gasteiger charge is -2.18. The number of nitrogens with zero attached hydrogens (tertiary/aromatic N) is 1. The van der Waals surface area contributed by atoms with E-state index in [2.05, 4.69) is 38.4 Å². The lowest BCUT2D eigenvalue weighted by Crippen LogP contribution is -2.28. The molecule has 1 rings (SSSR count). The minimum absolute atomic E-state index is 0.283. The van der Waals surface area contributed by atoms with E-state index in [0.717, 1.165) is 22.9 Å². The molecule has 0 fully saturated rings. The van der Waals surface area contributed by atoms with E-state index < -0.39 is 10.0 Å². The molecule has 6 heteroatoms. The minimum Gasteiger partial charge on any atom is -0.207 e. The summed E-state index contributed by atoms with van der Waals surface area (Å²) in [7, 11) is -1.87. The monoisotopic (exact) mass is 409 g/mol.